The van der Waals surface area contributed by atoms with Crippen molar-refractivity contribution >= 4 is 59.5 Å². The van der Waals surface area contributed by atoms with Gasteiger partial charge in [0, 0.05) is 42.8 Å². The van der Waals surface area contributed by atoms with Crippen molar-refractivity contribution in [1.29, 1.82) is 0 Å². The second-order valence-electron chi connectivity index (χ2n) is 10.4. The lowest BCUT2D eigenvalue weighted by molar-refractivity contribution is 1.08. The molecule has 8 rings (SSSR count). The van der Waals surface area contributed by atoms with Gasteiger partial charge in [0.15, 0.2) is 0 Å². The van der Waals surface area contributed by atoms with Crippen LogP contribution in [0.1, 0.15) is 11.1 Å². The Kier molecular flexibility index (Phi) is 5.75. The SMILES string of the molecule is C(=N\Cc1ccccc1)/c1cccc(-n2c3ccc(-c4ccccc4)cc3c3cc4sc5ccccc5c4cc32)c1. The number of thiophene rings is 1. The second kappa shape index (κ2) is 9.88. The summed E-state index contributed by atoms with van der Waals surface area (Å²) in [5.74, 6) is 0. The largest absolute Gasteiger partial charge is 0.309 e. The molecule has 0 atom stereocenters. The smallest absolute Gasteiger partial charge is 0.0639 e. The van der Waals surface area contributed by atoms with E-state index in [-0.39, 0.29) is 0 Å². The summed E-state index contributed by atoms with van der Waals surface area (Å²) in [4.78, 5) is 4.74. The van der Waals surface area contributed by atoms with Crippen LogP contribution in [-0.4, -0.2) is 10.8 Å². The molecule has 0 N–H and O–H groups in total. The lowest BCUT2D eigenvalue weighted by atomic mass is 10.0. The van der Waals surface area contributed by atoms with Crippen LogP contribution in [-0.2, 0) is 6.54 Å². The molecule has 0 aliphatic carbocycles. The van der Waals surface area contributed by atoms with Crippen molar-refractivity contribution in [3.05, 3.63) is 151 Å². The van der Waals surface area contributed by atoms with Gasteiger partial charge in [0.2, 0.25) is 0 Å². The summed E-state index contributed by atoms with van der Waals surface area (Å²) in [6.07, 6.45) is 1.99. The predicted octanol–water partition coefficient (Wildman–Crippen LogP) is 10.4. The minimum Gasteiger partial charge on any atom is -0.309 e. The van der Waals surface area contributed by atoms with Gasteiger partial charge in [0.1, 0.15) is 0 Å². The highest BCUT2D eigenvalue weighted by molar-refractivity contribution is 7.25. The van der Waals surface area contributed by atoms with Gasteiger partial charge < -0.3 is 4.57 Å². The number of benzene rings is 6. The molecule has 0 unspecified atom stereocenters. The van der Waals surface area contributed by atoms with Crippen molar-refractivity contribution in [2.24, 2.45) is 4.99 Å². The molecule has 0 saturated carbocycles. The molecule has 8 aromatic rings. The van der Waals surface area contributed by atoms with E-state index in [4.69, 9.17) is 4.99 Å². The second-order valence-corrected chi connectivity index (χ2v) is 11.5. The fourth-order valence-electron chi connectivity index (χ4n) is 5.91. The summed E-state index contributed by atoms with van der Waals surface area (Å²) >= 11 is 1.87. The van der Waals surface area contributed by atoms with Crippen molar-refractivity contribution in [2.45, 2.75) is 6.54 Å². The van der Waals surface area contributed by atoms with Crippen molar-refractivity contribution < 1.29 is 0 Å². The normalized spacial score (nSPS) is 11.9. The maximum Gasteiger partial charge on any atom is 0.0639 e. The van der Waals surface area contributed by atoms with Crippen LogP contribution in [0.2, 0.25) is 0 Å². The topological polar surface area (TPSA) is 17.3 Å². The van der Waals surface area contributed by atoms with Crippen LogP contribution in [0.3, 0.4) is 0 Å². The summed E-state index contributed by atoms with van der Waals surface area (Å²) in [6, 6.07) is 50.1. The quantitative estimate of drug-likeness (QED) is 0.193. The molecule has 194 valence electrons. The van der Waals surface area contributed by atoms with E-state index in [0.29, 0.717) is 6.54 Å². The van der Waals surface area contributed by atoms with Gasteiger partial charge in [-0.15, -0.1) is 11.3 Å². The van der Waals surface area contributed by atoms with Crippen LogP contribution in [0.4, 0.5) is 0 Å². The van der Waals surface area contributed by atoms with E-state index in [2.05, 4.69) is 138 Å². The molecular weight excluding hydrogens is 516 g/mol. The third kappa shape index (κ3) is 4.23. The number of nitrogens with zero attached hydrogens (tertiary/aromatic N) is 2. The predicted molar refractivity (Wildman–Crippen MR) is 177 cm³/mol. The molecule has 0 fully saturated rings. The first-order valence-corrected chi connectivity index (χ1v) is 14.7. The van der Waals surface area contributed by atoms with Crippen LogP contribution in [0.25, 0.3) is 58.8 Å². The molecule has 6 aromatic carbocycles. The zero-order valence-corrected chi connectivity index (χ0v) is 23.2. The maximum absolute atomic E-state index is 4.74. The lowest BCUT2D eigenvalue weighted by Gasteiger charge is -2.09. The van der Waals surface area contributed by atoms with Crippen molar-refractivity contribution in [1.82, 2.24) is 4.57 Å². The molecular formula is C38H26N2S. The highest BCUT2D eigenvalue weighted by Gasteiger charge is 2.16. The molecule has 2 heterocycles. The number of hydrogen-bond donors (Lipinski definition) is 0. The molecule has 0 aliphatic heterocycles. The van der Waals surface area contributed by atoms with E-state index in [9.17, 15) is 0 Å². The Morgan fingerprint density at radius 2 is 1.32 bits per heavy atom. The summed E-state index contributed by atoms with van der Waals surface area (Å²) in [5, 5.41) is 5.17. The number of aromatic nitrogens is 1. The molecule has 3 heteroatoms. The minimum atomic E-state index is 0.673. The van der Waals surface area contributed by atoms with Gasteiger partial charge in [0.25, 0.3) is 0 Å². The Morgan fingerprint density at radius 3 is 2.20 bits per heavy atom. The lowest BCUT2D eigenvalue weighted by Crippen LogP contribution is -1.95. The van der Waals surface area contributed by atoms with E-state index < -0.39 is 0 Å². The summed E-state index contributed by atoms with van der Waals surface area (Å²) < 4.78 is 5.07. The molecule has 0 aliphatic rings. The van der Waals surface area contributed by atoms with E-state index in [1.54, 1.807) is 0 Å². The average molecular weight is 543 g/mol. The Hall–Kier alpha value is -4.99. The maximum atomic E-state index is 4.74. The van der Waals surface area contributed by atoms with Gasteiger partial charge in [-0.05, 0) is 64.7 Å². The third-order valence-electron chi connectivity index (χ3n) is 7.86. The Labute approximate surface area is 242 Å². The zero-order chi connectivity index (χ0) is 27.2. The molecule has 0 amide bonds. The minimum absolute atomic E-state index is 0.673. The average Bonchev–Trinajstić information content (AvgIpc) is 3.55. The first-order chi connectivity index (χ1) is 20.3. The molecule has 0 saturated heterocycles. The first-order valence-electron chi connectivity index (χ1n) is 13.9. The zero-order valence-electron chi connectivity index (χ0n) is 22.4. The fraction of sp³-hybridized carbons (Fsp3) is 0.0263. The van der Waals surface area contributed by atoms with Gasteiger partial charge in [-0.1, -0.05) is 97.1 Å². The number of aliphatic imine (C=N–C) groups is 1. The third-order valence-corrected chi connectivity index (χ3v) is 8.99. The van der Waals surface area contributed by atoms with E-state index in [1.807, 2.05) is 23.6 Å². The van der Waals surface area contributed by atoms with Gasteiger partial charge >= 0.3 is 0 Å². The van der Waals surface area contributed by atoms with Crippen LogP contribution in [0, 0.1) is 0 Å². The highest BCUT2D eigenvalue weighted by atomic mass is 32.1. The molecule has 41 heavy (non-hydrogen) atoms. The van der Waals surface area contributed by atoms with Gasteiger partial charge in [-0.2, -0.15) is 0 Å². The molecule has 0 bridgehead atoms. The van der Waals surface area contributed by atoms with Crippen LogP contribution in [0.5, 0.6) is 0 Å². The van der Waals surface area contributed by atoms with Gasteiger partial charge in [0.05, 0.1) is 17.6 Å². The van der Waals surface area contributed by atoms with Crippen LogP contribution in [0.15, 0.2) is 145 Å². The summed E-state index contributed by atoms with van der Waals surface area (Å²) in [5.41, 5.74) is 8.34. The van der Waals surface area contributed by atoms with E-state index >= 15 is 0 Å². The van der Waals surface area contributed by atoms with Gasteiger partial charge in [-0.3, -0.25) is 4.99 Å². The molecule has 0 radical (unpaired) electrons. The Bertz CT molecular complexity index is 2220. The standard InChI is InChI=1S/C38H26N2S/c1-3-10-26(11-4-1)24-39-25-27-12-9-15-30(20-27)40-35-19-18-29(28-13-5-2-6-14-28)21-32(35)33-23-38-34(22-36(33)40)31-16-7-8-17-37(31)41-38/h1-23,25H,24H2/b39-25+. The van der Waals surface area contributed by atoms with Crippen molar-refractivity contribution in [2.75, 3.05) is 0 Å². The van der Waals surface area contributed by atoms with Crippen molar-refractivity contribution in [3.8, 4) is 16.8 Å². The van der Waals surface area contributed by atoms with Crippen LogP contribution >= 0.6 is 11.3 Å². The number of hydrogen-bond acceptors (Lipinski definition) is 2. The highest BCUT2D eigenvalue weighted by Crippen LogP contribution is 2.41. The van der Waals surface area contributed by atoms with Crippen LogP contribution < -0.4 is 0 Å². The Morgan fingerprint density at radius 1 is 0.537 bits per heavy atom. The summed E-state index contributed by atoms with van der Waals surface area (Å²) in [7, 11) is 0. The van der Waals surface area contributed by atoms with Crippen molar-refractivity contribution in [3.63, 3.8) is 0 Å². The first kappa shape index (κ1) is 23.9. The number of rotatable bonds is 5. The molecule has 0 spiro atoms. The van der Waals surface area contributed by atoms with E-state index in [0.717, 1.165) is 11.3 Å². The monoisotopic (exact) mass is 542 g/mol. The molecule has 2 aromatic heterocycles. The fourth-order valence-corrected chi connectivity index (χ4v) is 7.04. The summed E-state index contributed by atoms with van der Waals surface area (Å²) in [6.45, 7) is 0.673. The van der Waals surface area contributed by atoms with Gasteiger partial charge in [-0.25, -0.2) is 0 Å². The Balaban J connectivity index is 1.33. The number of fused-ring (bicyclic) bond motifs is 6. The molecule has 2 nitrogen and oxygen atoms in total. The van der Waals surface area contributed by atoms with E-state index in [1.165, 1.54) is 58.7 Å².